The molecule has 0 N–H and O–H groups in total. The van der Waals surface area contributed by atoms with Crippen molar-refractivity contribution >= 4 is 0 Å². The van der Waals surface area contributed by atoms with E-state index in [4.69, 9.17) is 0 Å². The standard InChI is InChI=1S/C27H48.C2H6/c1-19(2)9-8-10-20(3)23-14-15-24-22-13-12-21-11-6-7-17-26(21,4)25(22)16-18-27(23,24)5;1-2/h19-25H,6-18H2,1-5H3;1-2H3. The molecule has 0 bridgehead atoms. The van der Waals surface area contributed by atoms with Crippen molar-refractivity contribution < 1.29 is 0 Å². The van der Waals surface area contributed by atoms with Crippen LogP contribution in [0.3, 0.4) is 0 Å². The number of rotatable bonds is 5. The molecule has 0 saturated heterocycles. The van der Waals surface area contributed by atoms with Gasteiger partial charge in [0.05, 0.1) is 0 Å². The topological polar surface area (TPSA) is 0 Å². The molecule has 4 saturated carbocycles. The summed E-state index contributed by atoms with van der Waals surface area (Å²) in [7, 11) is 0. The van der Waals surface area contributed by atoms with Crippen molar-refractivity contribution in [2.45, 2.75) is 132 Å². The molecule has 0 aromatic carbocycles. The molecule has 29 heavy (non-hydrogen) atoms. The van der Waals surface area contributed by atoms with E-state index in [1.807, 2.05) is 13.8 Å². The van der Waals surface area contributed by atoms with Gasteiger partial charge in [-0.05, 0) is 104 Å². The van der Waals surface area contributed by atoms with Crippen LogP contribution < -0.4 is 0 Å². The molecule has 4 aliphatic carbocycles. The molecule has 4 rings (SSSR count). The van der Waals surface area contributed by atoms with Crippen LogP contribution in [-0.2, 0) is 0 Å². The van der Waals surface area contributed by atoms with Gasteiger partial charge in [0.25, 0.3) is 0 Å². The van der Waals surface area contributed by atoms with E-state index < -0.39 is 0 Å². The Kier molecular flexibility index (Phi) is 7.87. The fourth-order valence-corrected chi connectivity index (χ4v) is 9.32. The van der Waals surface area contributed by atoms with Gasteiger partial charge >= 0.3 is 0 Å². The second-order valence-electron chi connectivity index (χ2n) is 12.4. The maximum Gasteiger partial charge on any atom is -0.0264 e. The van der Waals surface area contributed by atoms with Crippen LogP contribution in [-0.4, -0.2) is 0 Å². The van der Waals surface area contributed by atoms with Crippen LogP contribution in [0.25, 0.3) is 0 Å². The summed E-state index contributed by atoms with van der Waals surface area (Å²) < 4.78 is 0. The smallest absolute Gasteiger partial charge is 0.0264 e. The van der Waals surface area contributed by atoms with Gasteiger partial charge in [0, 0.05) is 0 Å². The molecule has 0 heterocycles. The lowest BCUT2D eigenvalue weighted by molar-refractivity contribution is -0.114. The predicted molar refractivity (Wildman–Crippen MR) is 129 cm³/mol. The van der Waals surface area contributed by atoms with Crippen molar-refractivity contribution in [2.24, 2.45) is 52.3 Å². The van der Waals surface area contributed by atoms with E-state index in [1.165, 1.54) is 32.1 Å². The van der Waals surface area contributed by atoms with E-state index in [-0.39, 0.29) is 0 Å². The Morgan fingerprint density at radius 1 is 0.724 bits per heavy atom. The Morgan fingerprint density at radius 3 is 2.17 bits per heavy atom. The highest BCUT2D eigenvalue weighted by molar-refractivity contribution is 5.09. The molecule has 4 aliphatic rings. The van der Waals surface area contributed by atoms with Gasteiger partial charge in [0.2, 0.25) is 0 Å². The number of hydrogen-bond donors (Lipinski definition) is 0. The average molecular weight is 403 g/mol. The van der Waals surface area contributed by atoms with Crippen molar-refractivity contribution in [3.63, 3.8) is 0 Å². The first-order valence-corrected chi connectivity index (χ1v) is 13.9. The van der Waals surface area contributed by atoms with E-state index >= 15 is 0 Å². The van der Waals surface area contributed by atoms with Gasteiger partial charge in [-0.25, -0.2) is 0 Å². The Balaban J connectivity index is 0.00000117. The zero-order chi connectivity index (χ0) is 21.2. The van der Waals surface area contributed by atoms with Gasteiger partial charge in [0.1, 0.15) is 0 Å². The highest BCUT2D eigenvalue weighted by Crippen LogP contribution is 2.68. The van der Waals surface area contributed by atoms with E-state index in [2.05, 4.69) is 34.6 Å². The molecule has 0 nitrogen and oxygen atoms in total. The van der Waals surface area contributed by atoms with Crippen molar-refractivity contribution in [1.29, 1.82) is 0 Å². The molecular weight excluding hydrogens is 348 g/mol. The SMILES string of the molecule is CC.CC(C)CCCC(C)C1CCC2C3CCC4CCCCC4(C)C3CCC12C. The molecule has 0 aromatic heterocycles. The lowest BCUT2D eigenvalue weighted by atomic mass is 9.44. The normalized spacial score (nSPS) is 44.9. The van der Waals surface area contributed by atoms with Crippen LogP contribution in [0.5, 0.6) is 0 Å². The van der Waals surface area contributed by atoms with Gasteiger partial charge in [-0.15, -0.1) is 0 Å². The first-order chi connectivity index (χ1) is 13.9. The third-order valence-corrected chi connectivity index (χ3v) is 10.8. The summed E-state index contributed by atoms with van der Waals surface area (Å²) in [6.07, 6.45) is 19.9. The Morgan fingerprint density at radius 2 is 1.45 bits per heavy atom. The molecule has 0 heteroatoms. The Hall–Kier alpha value is 0. The van der Waals surface area contributed by atoms with Crippen LogP contribution >= 0.6 is 0 Å². The fraction of sp³-hybridized carbons (Fsp3) is 1.00. The molecule has 4 fully saturated rings. The zero-order valence-corrected chi connectivity index (χ0v) is 21.2. The third-order valence-electron chi connectivity index (χ3n) is 10.8. The summed E-state index contributed by atoms with van der Waals surface area (Å²) in [5, 5.41) is 0. The fourth-order valence-electron chi connectivity index (χ4n) is 9.32. The van der Waals surface area contributed by atoms with Gasteiger partial charge in [-0.1, -0.05) is 80.6 Å². The number of fused-ring (bicyclic) bond motifs is 5. The molecule has 170 valence electrons. The van der Waals surface area contributed by atoms with Crippen LogP contribution in [0.1, 0.15) is 132 Å². The van der Waals surface area contributed by atoms with Crippen LogP contribution in [0.2, 0.25) is 0 Å². The second kappa shape index (κ2) is 9.65. The maximum absolute atomic E-state index is 2.75. The summed E-state index contributed by atoms with van der Waals surface area (Å²) in [6.45, 7) is 16.9. The van der Waals surface area contributed by atoms with Crippen molar-refractivity contribution in [1.82, 2.24) is 0 Å². The van der Waals surface area contributed by atoms with Crippen molar-refractivity contribution in [3.8, 4) is 0 Å². The maximum atomic E-state index is 2.75. The van der Waals surface area contributed by atoms with Crippen LogP contribution in [0, 0.1) is 52.3 Å². The Labute approximate surface area is 184 Å². The van der Waals surface area contributed by atoms with E-state index in [1.54, 1.807) is 51.4 Å². The highest BCUT2D eigenvalue weighted by Gasteiger charge is 2.59. The summed E-state index contributed by atoms with van der Waals surface area (Å²) in [6, 6.07) is 0. The predicted octanol–water partition coefficient (Wildman–Crippen LogP) is 9.52. The van der Waals surface area contributed by atoms with Crippen LogP contribution in [0.4, 0.5) is 0 Å². The first kappa shape index (κ1) is 23.7. The van der Waals surface area contributed by atoms with Gasteiger partial charge in [-0.3, -0.25) is 0 Å². The van der Waals surface area contributed by atoms with E-state index in [0.29, 0.717) is 10.8 Å². The van der Waals surface area contributed by atoms with Gasteiger partial charge < -0.3 is 0 Å². The molecule has 0 spiro atoms. The van der Waals surface area contributed by atoms with Crippen molar-refractivity contribution in [3.05, 3.63) is 0 Å². The monoisotopic (exact) mass is 402 g/mol. The molecule has 0 aliphatic heterocycles. The Bertz CT molecular complexity index is 506. The van der Waals surface area contributed by atoms with Gasteiger partial charge in [-0.2, -0.15) is 0 Å². The molecule has 0 radical (unpaired) electrons. The minimum atomic E-state index is 0.677. The minimum Gasteiger partial charge on any atom is -0.0683 e. The largest absolute Gasteiger partial charge is 0.0683 e. The summed E-state index contributed by atoms with van der Waals surface area (Å²) in [5.41, 5.74) is 1.39. The zero-order valence-electron chi connectivity index (χ0n) is 21.2. The molecule has 8 atom stereocenters. The quantitative estimate of drug-likeness (QED) is 0.429. The summed E-state index contributed by atoms with van der Waals surface area (Å²) in [5.74, 6) is 7.15. The third kappa shape index (κ3) is 4.35. The minimum absolute atomic E-state index is 0.677. The lowest BCUT2D eigenvalue weighted by Crippen LogP contribution is -2.53. The van der Waals surface area contributed by atoms with E-state index in [9.17, 15) is 0 Å². The first-order valence-electron chi connectivity index (χ1n) is 13.9. The summed E-state index contributed by atoms with van der Waals surface area (Å²) in [4.78, 5) is 0. The average Bonchev–Trinajstić information content (AvgIpc) is 3.06. The van der Waals surface area contributed by atoms with Crippen LogP contribution in [0.15, 0.2) is 0 Å². The molecular formula is C29H54. The van der Waals surface area contributed by atoms with Crippen molar-refractivity contribution in [2.75, 3.05) is 0 Å². The second-order valence-corrected chi connectivity index (χ2v) is 12.4. The molecule has 0 aromatic rings. The van der Waals surface area contributed by atoms with E-state index in [0.717, 1.165) is 41.4 Å². The summed E-state index contributed by atoms with van der Waals surface area (Å²) >= 11 is 0. The molecule has 0 amide bonds. The lowest BCUT2D eigenvalue weighted by Gasteiger charge is -2.61. The molecule has 8 unspecified atom stereocenters. The number of hydrogen-bond acceptors (Lipinski definition) is 0. The highest BCUT2D eigenvalue weighted by atomic mass is 14.6. The van der Waals surface area contributed by atoms with Gasteiger partial charge in [0.15, 0.2) is 0 Å².